The van der Waals surface area contributed by atoms with Crippen molar-refractivity contribution in [3.05, 3.63) is 65.7 Å². The molecule has 230 valence electrons. The molecule has 42 heavy (non-hydrogen) atoms. The SMILES string of the molecule is CCCN(C(=O)C(C)NC(=O)OC(C)(C)C)C(C(=O)NC(Cc1ccccc1)C(=O)OC(C)(C)C)c1cccc(O)c1. The molecule has 0 spiro atoms. The van der Waals surface area contributed by atoms with Crippen LogP contribution in [0.4, 0.5) is 4.79 Å². The van der Waals surface area contributed by atoms with Crippen molar-refractivity contribution in [1.82, 2.24) is 15.5 Å². The Labute approximate surface area is 248 Å². The summed E-state index contributed by atoms with van der Waals surface area (Å²) in [6.07, 6.45) is -0.120. The summed E-state index contributed by atoms with van der Waals surface area (Å²) in [5.41, 5.74) is -0.426. The summed E-state index contributed by atoms with van der Waals surface area (Å²) in [7, 11) is 0. The summed E-state index contributed by atoms with van der Waals surface area (Å²) in [6, 6.07) is 11.9. The molecule has 0 radical (unpaired) electrons. The number of hydrogen-bond donors (Lipinski definition) is 3. The van der Waals surface area contributed by atoms with Gasteiger partial charge >= 0.3 is 12.1 Å². The topological polar surface area (TPSA) is 134 Å². The zero-order valence-corrected chi connectivity index (χ0v) is 25.9. The number of amides is 3. The number of carbonyl (C=O) groups is 4. The van der Waals surface area contributed by atoms with Crippen molar-refractivity contribution in [2.45, 2.75) is 97.6 Å². The van der Waals surface area contributed by atoms with E-state index in [1.807, 2.05) is 37.3 Å². The first-order chi connectivity index (χ1) is 19.5. The summed E-state index contributed by atoms with van der Waals surface area (Å²) in [6.45, 7) is 13.9. The van der Waals surface area contributed by atoms with Gasteiger partial charge in [-0.15, -0.1) is 0 Å². The van der Waals surface area contributed by atoms with Crippen molar-refractivity contribution in [3.8, 4) is 5.75 Å². The molecule has 0 saturated heterocycles. The summed E-state index contributed by atoms with van der Waals surface area (Å²) in [4.78, 5) is 54.8. The first-order valence-corrected chi connectivity index (χ1v) is 14.2. The van der Waals surface area contributed by atoms with E-state index >= 15 is 0 Å². The summed E-state index contributed by atoms with van der Waals surface area (Å²) in [5, 5.41) is 15.6. The molecule has 3 N–H and O–H groups in total. The third-order valence-electron chi connectivity index (χ3n) is 5.89. The van der Waals surface area contributed by atoms with Gasteiger partial charge in [-0.25, -0.2) is 9.59 Å². The largest absolute Gasteiger partial charge is 0.508 e. The van der Waals surface area contributed by atoms with E-state index < -0.39 is 53.2 Å². The van der Waals surface area contributed by atoms with Crippen LogP contribution in [0.3, 0.4) is 0 Å². The van der Waals surface area contributed by atoms with Gasteiger partial charge in [0.2, 0.25) is 11.8 Å². The second kappa shape index (κ2) is 14.7. The number of nitrogens with one attached hydrogen (secondary N) is 2. The number of phenolic OH excluding ortho intramolecular Hbond substituents is 1. The number of phenols is 1. The standard InChI is InChI=1S/C32H45N3O7/c1-9-18-35(28(38)21(2)33-30(40)42-32(6,7)8)26(23-16-13-17-24(36)20-23)27(37)34-25(29(39)41-31(3,4)5)19-22-14-11-10-12-15-22/h10-17,20-21,25-26,36H,9,18-19H2,1-8H3,(H,33,40)(H,34,37). The number of hydrogen-bond acceptors (Lipinski definition) is 7. The second-order valence-corrected chi connectivity index (χ2v) is 12.2. The number of nitrogens with zero attached hydrogens (tertiary/aromatic N) is 1. The van der Waals surface area contributed by atoms with Gasteiger partial charge in [-0.05, 0) is 78.1 Å². The van der Waals surface area contributed by atoms with Crippen LogP contribution in [0.25, 0.3) is 0 Å². The fourth-order valence-electron chi connectivity index (χ4n) is 4.24. The molecule has 3 unspecified atom stereocenters. The monoisotopic (exact) mass is 583 g/mol. The Bertz CT molecular complexity index is 1220. The molecule has 0 bridgehead atoms. The second-order valence-electron chi connectivity index (χ2n) is 12.2. The van der Waals surface area contributed by atoms with E-state index in [4.69, 9.17) is 9.47 Å². The Balaban J connectivity index is 2.48. The normalized spacial score (nSPS) is 13.7. The molecule has 10 heteroatoms. The smallest absolute Gasteiger partial charge is 0.408 e. The van der Waals surface area contributed by atoms with E-state index in [9.17, 15) is 24.3 Å². The van der Waals surface area contributed by atoms with Crippen LogP contribution in [0.15, 0.2) is 54.6 Å². The first-order valence-electron chi connectivity index (χ1n) is 14.2. The molecule has 3 atom stereocenters. The highest BCUT2D eigenvalue weighted by Crippen LogP contribution is 2.26. The molecule has 0 aromatic heterocycles. The Morgan fingerprint density at radius 1 is 0.881 bits per heavy atom. The molecular weight excluding hydrogens is 538 g/mol. The minimum Gasteiger partial charge on any atom is -0.508 e. The Kier molecular flexibility index (Phi) is 11.9. The molecule has 0 saturated carbocycles. The number of carbonyl (C=O) groups excluding carboxylic acids is 4. The zero-order valence-electron chi connectivity index (χ0n) is 25.9. The van der Waals surface area contributed by atoms with E-state index in [0.717, 1.165) is 5.56 Å². The van der Waals surface area contributed by atoms with Crippen LogP contribution in [0, 0.1) is 0 Å². The van der Waals surface area contributed by atoms with E-state index in [2.05, 4.69) is 10.6 Å². The van der Waals surface area contributed by atoms with Gasteiger partial charge in [-0.3, -0.25) is 9.59 Å². The van der Waals surface area contributed by atoms with Crippen molar-refractivity contribution >= 4 is 23.9 Å². The number of alkyl carbamates (subject to hydrolysis) is 1. The van der Waals surface area contributed by atoms with Gasteiger partial charge in [0.1, 0.15) is 35.1 Å². The van der Waals surface area contributed by atoms with Crippen LogP contribution in [0.1, 0.15) is 79.0 Å². The molecule has 10 nitrogen and oxygen atoms in total. The van der Waals surface area contributed by atoms with Crippen molar-refractivity contribution in [2.75, 3.05) is 6.54 Å². The highest BCUT2D eigenvalue weighted by atomic mass is 16.6. The molecule has 0 aliphatic carbocycles. The third kappa shape index (κ3) is 11.1. The minimum atomic E-state index is -1.23. The average molecular weight is 584 g/mol. The molecule has 3 amide bonds. The summed E-state index contributed by atoms with van der Waals surface area (Å²) >= 11 is 0. The predicted molar refractivity (Wildman–Crippen MR) is 160 cm³/mol. The first kappa shape index (κ1) is 34.1. The van der Waals surface area contributed by atoms with Crippen LogP contribution in [-0.4, -0.2) is 63.7 Å². The molecular formula is C32H45N3O7. The van der Waals surface area contributed by atoms with E-state index in [1.165, 1.54) is 24.0 Å². The number of rotatable bonds is 11. The van der Waals surface area contributed by atoms with Gasteiger partial charge in [-0.1, -0.05) is 49.4 Å². The highest BCUT2D eigenvalue weighted by Gasteiger charge is 2.37. The van der Waals surface area contributed by atoms with E-state index in [1.54, 1.807) is 53.7 Å². The Hall–Kier alpha value is -4.08. The van der Waals surface area contributed by atoms with Crippen LogP contribution in [-0.2, 0) is 30.3 Å². The maximum Gasteiger partial charge on any atom is 0.408 e. The fourth-order valence-corrected chi connectivity index (χ4v) is 4.24. The van der Waals surface area contributed by atoms with Gasteiger partial charge in [0.15, 0.2) is 0 Å². The average Bonchev–Trinajstić information content (AvgIpc) is 2.86. The lowest BCUT2D eigenvalue weighted by Crippen LogP contribution is -2.54. The third-order valence-corrected chi connectivity index (χ3v) is 5.89. The van der Waals surface area contributed by atoms with Crippen molar-refractivity contribution in [2.24, 2.45) is 0 Å². The van der Waals surface area contributed by atoms with Crippen molar-refractivity contribution in [3.63, 3.8) is 0 Å². The van der Waals surface area contributed by atoms with Gasteiger partial charge in [0.05, 0.1) is 0 Å². The van der Waals surface area contributed by atoms with Crippen molar-refractivity contribution < 1.29 is 33.8 Å². The maximum atomic E-state index is 14.1. The van der Waals surface area contributed by atoms with Gasteiger partial charge in [0, 0.05) is 13.0 Å². The van der Waals surface area contributed by atoms with Crippen LogP contribution in [0.5, 0.6) is 5.75 Å². The zero-order chi connectivity index (χ0) is 31.7. The lowest BCUT2D eigenvalue weighted by Gasteiger charge is -2.34. The molecule has 0 aliphatic rings. The highest BCUT2D eigenvalue weighted by molar-refractivity contribution is 5.94. The minimum absolute atomic E-state index is 0.0953. The number of benzene rings is 2. The van der Waals surface area contributed by atoms with Crippen LogP contribution < -0.4 is 10.6 Å². The molecule has 0 heterocycles. The molecule has 2 aromatic carbocycles. The lowest BCUT2D eigenvalue weighted by atomic mass is 10.0. The Morgan fingerprint density at radius 2 is 1.50 bits per heavy atom. The van der Waals surface area contributed by atoms with Crippen LogP contribution in [0.2, 0.25) is 0 Å². The summed E-state index contributed by atoms with van der Waals surface area (Å²) in [5.74, 6) is -1.90. The van der Waals surface area contributed by atoms with Crippen LogP contribution >= 0.6 is 0 Å². The fraction of sp³-hybridized carbons (Fsp3) is 0.500. The van der Waals surface area contributed by atoms with Crippen molar-refractivity contribution in [1.29, 1.82) is 0 Å². The number of ether oxygens (including phenoxy) is 2. The Morgan fingerprint density at radius 3 is 2.05 bits per heavy atom. The van der Waals surface area contributed by atoms with Gasteiger partial charge in [-0.2, -0.15) is 0 Å². The van der Waals surface area contributed by atoms with E-state index in [-0.39, 0.29) is 18.7 Å². The molecule has 0 fully saturated rings. The molecule has 2 rings (SSSR count). The number of esters is 1. The summed E-state index contributed by atoms with van der Waals surface area (Å²) < 4.78 is 10.9. The molecule has 0 aliphatic heterocycles. The van der Waals surface area contributed by atoms with E-state index in [0.29, 0.717) is 12.0 Å². The van der Waals surface area contributed by atoms with Gasteiger partial charge in [0.25, 0.3) is 0 Å². The molecule has 2 aromatic rings. The van der Waals surface area contributed by atoms with Gasteiger partial charge < -0.3 is 30.1 Å². The number of aromatic hydroxyl groups is 1. The lowest BCUT2D eigenvalue weighted by molar-refractivity contribution is -0.159. The maximum absolute atomic E-state index is 14.1. The predicted octanol–water partition coefficient (Wildman–Crippen LogP) is 4.65. The quantitative estimate of drug-likeness (QED) is 0.328.